The lowest BCUT2D eigenvalue weighted by atomic mass is 10.1. The van der Waals surface area contributed by atoms with Crippen molar-refractivity contribution >= 4 is 39.1 Å². The number of halogens is 2. The number of anilines is 1. The van der Waals surface area contributed by atoms with Crippen molar-refractivity contribution in [3.05, 3.63) is 62.6 Å². The Hall–Kier alpha value is -1.83. The van der Waals surface area contributed by atoms with E-state index in [-0.39, 0.29) is 5.91 Å². The molecule has 0 aliphatic rings. The summed E-state index contributed by atoms with van der Waals surface area (Å²) in [7, 11) is 0. The van der Waals surface area contributed by atoms with Crippen molar-refractivity contribution < 1.29 is 4.79 Å². The van der Waals surface area contributed by atoms with Crippen molar-refractivity contribution in [3.63, 3.8) is 0 Å². The van der Waals surface area contributed by atoms with E-state index in [1.165, 1.54) is 0 Å². The number of benzene rings is 2. The van der Waals surface area contributed by atoms with E-state index < -0.39 is 0 Å². The van der Waals surface area contributed by atoms with Gasteiger partial charge in [-0.05, 0) is 36.8 Å². The number of nitrogens with one attached hydrogen (secondary N) is 1. The zero-order valence-corrected chi connectivity index (χ0v) is 12.9. The summed E-state index contributed by atoms with van der Waals surface area (Å²) in [5.41, 5.74) is 2.20. The van der Waals surface area contributed by atoms with Crippen LogP contribution in [0.15, 0.2) is 40.9 Å². The first kappa shape index (κ1) is 14.6. The molecule has 0 radical (unpaired) electrons. The Bertz CT molecular complexity index is 702. The first-order chi connectivity index (χ1) is 9.51. The summed E-state index contributed by atoms with van der Waals surface area (Å²) in [5, 5.41) is 12.3. The second-order valence-electron chi connectivity index (χ2n) is 4.22. The quantitative estimate of drug-likeness (QED) is 0.865. The second kappa shape index (κ2) is 6.08. The molecule has 0 bridgehead atoms. The van der Waals surface area contributed by atoms with Gasteiger partial charge in [-0.3, -0.25) is 4.79 Å². The van der Waals surface area contributed by atoms with Gasteiger partial charge in [-0.1, -0.05) is 39.7 Å². The number of rotatable bonds is 2. The van der Waals surface area contributed by atoms with Gasteiger partial charge in [0.2, 0.25) is 0 Å². The van der Waals surface area contributed by atoms with Gasteiger partial charge in [0, 0.05) is 15.1 Å². The zero-order valence-electron chi connectivity index (χ0n) is 10.6. The molecule has 100 valence electrons. The Balaban J connectivity index is 2.33. The third kappa shape index (κ3) is 3.19. The Kier molecular flexibility index (Phi) is 4.43. The summed E-state index contributed by atoms with van der Waals surface area (Å²) < 4.78 is 0.722. The molecule has 1 N–H and O–H groups in total. The number of nitriles is 1. The lowest BCUT2D eigenvalue weighted by Gasteiger charge is -2.09. The van der Waals surface area contributed by atoms with E-state index in [1.54, 1.807) is 30.3 Å². The molecule has 0 spiro atoms. The highest BCUT2D eigenvalue weighted by Crippen LogP contribution is 2.22. The molecule has 20 heavy (non-hydrogen) atoms. The molecular formula is C15H10BrClN2O. The number of amides is 1. The van der Waals surface area contributed by atoms with Crippen LogP contribution >= 0.6 is 27.5 Å². The van der Waals surface area contributed by atoms with E-state index in [4.69, 9.17) is 16.9 Å². The Morgan fingerprint density at radius 3 is 2.75 bits per heavy atom. The van der Waals surface area contributed by atoms with Crippen LogP contribution in [0.4, 0.5) is 5.69 Å². The molecule has 2 rings (SSSR count). The number of aryl methyl sites for hydroxylation is 1. The first-order valence-corrected chi connectivity index (χ1v) is 6.95. The Morgan fingerprint density at radius 1 is 1.35 bits per heavy atom. The van der Waals surface area contributed by atoms with Gasteiger partial charge < -0.3 is 5.32 Å². The second-order valence-corrected chi connectivity index (χ2v) is 5.57. The Morgan fingerprint density at radius 2 is 2.10 bits per heavy atom. The van der Waals surface area contributed by atoms with Crippen LogP contribution in [0.1, 0.15) is 21.5 Å². The van der Waals surface area contributed by atoms with E-state index in [2.05, 4.69) is 27.3 Å². The highest BCUT2D eigenvalue weighted by molar-refractivity contribution is 9.10. The molecule has 5 heteroatoms. The third-order valence-electron chi connectivity index (χ3n) is 2.76. The zero-order chi connectivity index (χ0) is 14.7. The van der Waals surface area contributed by atoms with Crippen molar-refractivity contribution in [2.24, 2.45) is 0 Å². The van der Waals surface area contributed by atoms with Gasteiger partial charge in [0.1, 0.15) is 6.07 Å². The summed E-state index contributed by atoms with van der Waals surface area (Å²) in [6.45, 7) is 1.82. The summed E-state index contributed by atoms with van der Waals surface area (Å²) in [6.07, 6.45) is 0. The monoisotopic (exact) mass is 348 g/mol. The maximum absolute atomic E-state index is 12.2. The number of nitrogens with zero attached hydrogens (tertiary/aromatic N) is 1. The van der Waals surface area contributed by atoms with Crippen molar-refractivity contribution in [3.8, 4) is 6.07 Å². The predicted octanol–water partition coefficient (Wildman–Crippen LogP) is 4.53. The molecule has 0 unspecified atom stereocenters. The smallest absolute Gasteiger partial charge is 0.255 e. The van der Waals surface area contributed by atoms with Crippen LogP contribution < -0.4 is 5.32 Å². The minimum absolute atomic E-state index is 0.310. The molecule has 0 atom stereocenters. The van der Waals surface area contributed by atoms with Gasteiger partial charge in [0.15, 0.2) is 0 Å². The van der Waals surface area contributed by atoms with Gasteiger partial charge in [-0.25, -0.2) is 0 Å². The van der Waals surface area contributed by atoms with Gasteiger partial charge >= 0.3 is 0 Å². The molecule has 0 fully saturated rings. The van der Waals surface area contributed by atoms with Crippen LogP contribution in [-0.4, -0.2) is 5.91 Å². The highest BCUT2D eigenvalue weighted by atomic mass is 79.9. The summed E-state index contributed by atoms with van der Waals surface area (Å²) in [6, 6.07) is 12.3. The van der Waals surface area contributed by atoms with Gasteiger partial charge in [-0.2, -0.15) is 5.26 Å². The van der Waals surface area contributed by atoms with E-state index in [0.29, 0.717) is 21.8 Å². The molecular weight excluding hydrogens is 340 g/mol. The molecule has 3 nitrogen and oxygen atoms in total. The van der Waals surface area contributed by atoms with Gasteiger partial charge in [0.25, 0.3) is 5.91 Å². The fraction of sp³-hybridized carbons (Fsp3) is 0.0667. The van der Waals surface area contributed by atoms with Crippen LogP contribution in [-0.2, 0) is 0 Å². The fourth-order valence-corrected chi connectivity index (χ4v) is 2.66. The van der Waals surface area contributed by atoms with E-state index in [1.807, 2.05) is 13.0 Å². The standard InChI is InChI=1S/C15H10BrClN2O/c1-9-3-2-4-14(13(9)8-18)19-15(20)10-5-11(16)7-12(17)6-10/h2-7H,1H3,(H,19,20). The van der Waals surface area contributed by atoms with E-state index in [9.17, 15) is 4.79 Å². The van der Waals surface area contributed by atoms with Crippen LogP contribution in [0.5, 0.6) is 0 Å². The normalized spacial score (nSPS) is 9.90. The molecule has 2 aromatic carbocycles. The maximum atomic E-state index is 12.2. The topological polar surface area (TPSA) is 52.9 Å². The van der Waals surface area contributed by atoms with Crippen LogP contribution in [0, 0.1) is 18.3 Å². The van der Waals surface area contributed by atoms with E-state index >= 15 is 0 Å². The van der Waals surface area contributed by atoms with Gasteiger partial charge in [-0.15, -0.1) is 0 Å². The van der Waals surface area contributed by atoms with Crippen molar-refractivity contribution in [1.82, 2.24) is 0 Å². The first-order valence-electron chi connectivity index (χ1n) is 5.78. The predicted molar refractivity (Wildman–Crippen MR) is 83.0 cm³/mol. The largest absolute Gasteiger partial charge is 0.321 e. The lowest BCUT2D eigenvalue weighted by Crippen LogP contribution is -2.13. The summed E-state index contributed by atoms with van der Waals surface area (Å²) in [4.78, 5) is 12.2. The highest BCUT2D eigenvalue weighted by Gasteiger charge is 2.11. The van der Waals surface area contributed by atoms with Crippen LogP contribution in [0.3, 0.4) is 0 Å². The van der Waals surface area contributed by atoms with Crippen LogP contribution in [0.2, 0.25) is 5.02 Å². The molecule has 0 heterocycles. The summed E-state index contributed by atoms with van der Waals surface area (Å²) in [5.74, 6) is -0.310. The molecule has 0 aliphatic heterocycles. The number of hydrogen-bond donors (Lipinski definition) is 1. The SMILES string of the molecule is Cc1cccc(NC(=O)c2cc(Cl)cc(Br)c2)c1C#N. The lowest BCUT2D eigenvalue weighted by molar-refractivity contribution is 0.102. The molecule has 0 saturated carbocycles. The maximum Gasteiger partial charge on any atom is 0.255 e. The Labute approximate surface area is 130 Å². The molecule has 0 saturated heterocycles. The van der Waals surface area contributed by atoms with Crippen molar-refractivity contribution in [2.45, 2.75) is 6.92 Å². The molecule has 0 aliphatic carbocycles. The minimum atomic E-state index is -0.310. The van der Waals surface area contributed by atoms with Crippen LogP contribution in [0.25, 0.3) is 0 Å². The van der Waals surface area contributed by atoms with Crippen molar-refractivity contribution in [1.29, 1.82) is 5.26 Å². The number of carbonyl (C=O) groups excluding carboxylic acids is 1. The fourth-order valence-electron chi connectivity index (χ4n) is 1.80. The summed E-state index contributed by atoms with van der Waals surface area (Å²) >= 11 is 9.21. The molecule has 1 amide bonds. The molecule has 0 aromatic heterocycles. The number of carbonyl (C=O) groups is 1. The van der Waals surface area contributed by atoms with Gasteiger partial charge in [0.05, 0.1) is 11.3 Å². The average molecular weight is 350 g/mol. The van der Waals surface area contributed by atoms with Crippen molar-refractivity contribution in [2.75, 3.05) is 5.32 Å². The minimum Gasteiger partial charge on any atom is -0.321 e. The number of hydrogen-bond acceptors (Lipinski definition) is 2. The molecule has 2 aromatic rings. The third-order valence-corrected chi connectivity index (χ3v) is 3.43. The van der Waals surface area contributed by atoms with E-state index in [0.717, 1.165) is 10.0 Å². The average Bonchev–Trinajstić information content (AvgIpc) is 2.37.